The zero-order valence-electron chi connectivity index (χ0n) is 4.88. The van der Waals surface area contributed by atoms with Crippen molar-refractivity contribution in [3.8, 4) is 0 Å². The van der Waals surface area contributed by atoms with Crippen LogP contribution in [0.2, 0.25) is 0 Å². The molecule has 0 aromatic carbocycles. The zero-order chi connectivity index (χ0) is 7.65. The highest BCUT2D eigenvalue weighted by molar-refractivity contribution is 4.35. The third-order valence-corrected chi connectivity index (χ3v) is 0.692. The first kappa shape index (κ1) is 11.5. The van der Waals surface area contributed by atoms with E-state index in [2.05, 4.69) is 0 Å². The molecule has 60 valence electrons. The van der Waals surface area contributed by atoms with Crippen LogP contribution in [-0.2, 0) is 0 Å². The summed E-state index contributed by atoms with van der Waals surface area (Å²) in [6, 6.07) is 0. The van der Waals surface area contributed by atoms with Gasteiger partial charge in [0.05, 0.1) is 0 Å². The van der Waals surface area contributed by atoms with E-state index in [1.807, 2.05) is 0 Å². The molecule has 0 aromatic rings. The van der Waals surface area contributed by atoms with Crippen molar-refractivity contribution in [2.45, 2.75) is 12.8 Å². The van der Waals surface area contributed by atoms with E-state index in [-0.39, 0.29) is 4.70 Å². The topological polar surface area (TPSA) is 107 Å². The van der Waals surface area contributed by atoms with Gasteiger partial charge in [-0.1, -0.05) is 0 Å². The fourth-order valence-corrected chi connectivity index (χ4v) is 0.0667. The number of nitrogens with zero attached hydrogens (tertiary/aromatic N) is 2. The monoisotopic (exact) mass is 156 g/mol. The first-order valence-electron chi connectivity index (χ1n) is 1.90. The molecule has 0 heterocycles. The van der Waals surface area contributed by atoms with Crippen LogP contribution in [0.5, 0.6) is 0 Å². The van der Waals surface area contributed by atoms with Crippen LogP contribution in [0.1, 0.15) is 6.92 Å². The van der Waals surface area contributed by atoms with Gasteiger partial charge in [0.15, 0.2) is 0 Å². The first-order valence-corrected chi connectivity index (χ1v) is 1.90. The summed E-state index contributed by atoms with van der Waals surface area (Å²) in [6.07, 6.45) is 0. The zero-order valence-corrected chi connectivity index (χ0v) is 4.88. The molecule has 1 N–H and O–H groups in total. The van der Waals surface area contributed by atoms with Crippen molar-refractivity contribution in [3.63, 3.8) is 0 Å². The average molecular weight is 156 g/mol. The van der Waals surface area contributed by atoms with Gasteiger partial charge in [-0.05, 0) is 0 Å². The molecule has 0 bridgehead atoms. The van der Waals surface area contributed by atoms with Gasteiger partial charge >= 0.3 is 5.85 Å². The van der Waals surface area contributed by atoms with Crippen molar-refractivity contribution in [1.82, 2.24) is 0 Å². The molecule has 0 aromatic heterocycles. The van der Waals surface area contributed by atoms with Crippen LogP contribution in [-0.4, -0.2) is 20.8 Å². The molecule has 0 aliphatic rings. The first-order chi connectivity index (χ1) is 3.89. The summed E-state index contributed by atoms with van der Waals surface area (Å²) in [6.45, 7) is 0.493. The largest absolute Gasteiger partial charge is 0.573 e. The Labute approximate surface area is 53.9 Å². The number of hydrogen-bond acceptors (Lipinski definition) is 5. The van der Waals surface area contributed by atoms with Crippen LogP contribution < -0.4 is 0 Å². The Morgan fingerprint density at radius 2 is 1.50 bits per heavy atom. The Bertz CT molecular complexity index is 140. The second-order valence-corrected chi connectivity index (χ2v) is 1.49. The molecule has 0 fully saturated rings. The molecular formula is C2H5FN2O5. The number of rotatable bonds is 2. The van der Waals surface area contributed by atoms with E-state index in [0.29, 0.717) is 6.92 Å². The van der Waals surface area contributed by atoms with E-state index in [1.54, 1.807) is 0 Å². The van der Waals surface area contributed by atoms with Crippen LogP contribution in [0.15, 0.2) is 0 Å². The number of aliphatic hydroxyl groups is 1. The summed E-state index contributed by atoms with van der Waals surface area (Å²) >= 11 is 0. The lowest BCUT2D eigenvalue weighted by Gasteiger charge is -2.01. The molecule has 0 aliphatic heterocycles. The summed E-state index contributed by atoms with van der Waals surface area (Å²) in [7, 11) is 0. The second kappa shape index (κ2) is 3.01. The number of nitro groups is 2. The van der Waals surface area contributed by atoms with Gasteiger partial charge in [0.1, 0.15) is 16.8 Å². The van der Waals surface area contributed by atoms with Crippen molar-refractivity contribution in [1.29, 1.82) is 0 Å². The minimum atomic E-state index is -3.06. The summed E-state index contributed by atoms with van der Waals surface area (Å²) < 4.78 is 0. The number of hydrogen-bond donors (Lipinski definition) is 1. The smallest absolute Gasteiger partial charge is 0.269 e. The average Bonchev–Trinajstić information content (AvgIpc) is 1.65. The minimum Gasteiger partial charge on any atom is -0.269 e. The molecule has 0 unspecified atom stereocenters. The lowest BCUT2D eigenvalue weighted by molar-refractivity contribution is -0.842. The second-order valence-electron chi connectivity index (χ2n) is 1.49. The van der Waals surface area contributed by atoms with E-state index in [9.17, 15) is 20.2 Å². The summed E-state index contributed by atoms with van der Waals surface area (Å²) in [5.41, 5.74) is 0. The summed E-state index contributed by atoms with van der Waals surface area (Å²) in [4.78, 5) is 16.4. The maximum atomic E-state index is 9.58. The molecule has 0 radical (unpaired) electrons. The SMILES string of the molecule is CC(O)([N+](=O)[O-])[N+](=O)[O-].F. The van der Waals surface area contributed by atoms with Crippen molar-refractivity contribution in [3.05, 3.63) is 20.2 Å². The van der Waals surface area contributed by atoms with Crippen LogP contribution in [0.4, 0.5) is 4.70 Å². The molecule has 10 heavy (non-hydrogen) atoms. The van der Waals surface area contributed by atoms with Gasteiger partial charge in [-0.2, -0.15) is 0 Å². The van der Waals surface area contributed by atoms with E-state index in [4.69, 9.17) is 5.11 Å². The van der Waals surface area contributed by atoms with Gasteiger partial charge in [-0.3, -0.25) is 30.0 Å². The molecule has 0 saturated heterocycles. The Balaban J connectivity index is 0. The van der Waals surface area contributed by atoms with Crippen LogP contribution in [0.3, 0.4) is 0 Å². The van der Waals surface area contributed by atoms with Crippen molar-refractivity contribution in [2.24, 2.45) is 0 Å². The summed E-state index contributed by atoms with van der Waals surface area (Å²) in [5, 5.41) is 27.4. The highest BCUT2D eigenvalue weighted by atomic mass is 19.0. The molecular weight excluding hydrogens is 151 g/mol. The molecule has 0 atom stereocenters. The van der Waals surface area contributed by atoms with Crippen LogP contribution in [0.25, 0.3) is 0 Å². The Morgan fingerprint density at radius 1 is 1.30 bits per heavy atom. The molecule has 0 amide bonds. The van der Waals surface area contributed by atoms with Gasteiger partial charge in [-0.15, -0.1) is 0 Å². The van der Waals surface area contributed by atoms with Gasteiger partial charge in [0, 0.05) is 0 Å². The highest BCUT2D eigenvalue weighted by Gasteiger charge is 2.48. The van der Waals surface area contributed by atoms with E-state index >= 15 is 0 Å². The maximum absolute atomic E-state index is 9.58. The summed E-state index contributed by atoms with van der Waals surface area (Å²) in [5.74, 6) is -3.06. The van der Waals surface area contributed by atoms with Crippen LogP contribution in [0, 0.1) is 20.2 Å². The molecule has 0 rings (SSSR count). The quantitative estimate of drug-likeness (QED) is 0.325. The Hall–Kier alpha value is -1.31. The van der Waals surface area contributed by atoms with Gasteiger partial charge in [-0.25, -0.2) is 0 Å². The van der Waals surface area contributed by atoms with Crippen LogP contribution >= 0.6 is 0 Å². The normalized spacial score (nSPS) is 9.80. The van der Waals surface area contributed by atoms with Crippen molar-refractivity contribution < 1.29 is 19.7 Å². The van der Waals surface area contributed by atoms with Gasteiger partial charge in [0.25, 0.3) is 0 Å². The molecule has 0 saturated carbocycles. The van der Waals surface area contributed by atoms with Crippen molar-refractivity contribution >= 4 is 0 Å². The molecule has 0 spiro atoms. The predicted octanol–water partition coefficient (Wildman–Crippen LogP) is -0.642. The highest BCUT2D eigenvalue weighted by Crippen LogP contribution is 2.02. The van der Waals surface area contributed by atoms with E-state index in [0.717, 1.165) is 0 Å². The fraction of sp³-hybridized carbons (Fsp3) is 1.00. The third kappa shape index (κ3) is 1.90. The maximum Gasteiger partial charge on any atom is 0.573 e. The predicted molar refractivity (Wildman–Crippen MR) is 27.1 cm³/mol. The van der Waals surface area contributed by atoms with Gasteiger partial charge in [0.2, 0.25) is 0 Å². The Morgan fingerprint density at radius 3 is 1.50 bits per heavy atom. The lowest BCUT2D eigenvalue weighted by atomic mass is 10.5. The van der Waals surface area contributed by atoms with Crippen molar-refractivity contribution in [2.75, 3.05) is 0 Å². The minimum absolute atomic E-state index is 0. The third-order valence-electron chi connectivity index (χ3n) is 0.692. The molecule has 8 heteroatoms. The fourth-order valence-electron chi connectivity index (χ4n) is 0.0667. The molecule has 0 aliphatic carbocycles. The van der Waals surface area contributed by atoms with E-state index in [1.165, 1.54) is 0 Å². The number of halogens is 1. The standard InChI is InChI=1S/C2H4N2O5.FH/c1-2(5,3(6)7)4(8)9;/h5H,1H3;1H. The molecule has 7 nitrogen and oxygen atoms in total. The van der Waals surface area contributed by atoms with E-state index < -0.39 is 15.7 Å². The van der Waals surface area contributed by atoms with Gasteiger partial charge < -0.3 is 0 Å². The Kier molecular flexibility index (Phi) is 3.46. The lowest BCUT2D eigenvalue weighted by Crippen LogP contribution is -2.42.